The highest BCUT2D eigenvalue weighted by Gasteiger charge is 2.20. The van der Waals surface area contributed by atoms with Gasteiger partial charge in [-0.2, -0.15) is 5.10 Å². The molecule has 0 amide bonds. The molecule has 160 valence electrons. The SMILES string of the molecule is CCOc1ccc(-n2c(C)c3c(C)nnc(NCCC4CCCCO4)c3c2C)cc1. The Balaban J connectivity index is 1.64. The fourth-order valence-electron chi connectivity index (χ4n) is 4.55. The Morgan fingerprint density at radius 2 is 1.83 bits per heavy atom. The predicted octanol–water partition coefficient (Wildman–Crippen LogP) is 5.12. The van der Waals surface area contributed by atoms with Crippen LogP contribution >= 0.6 is 0 Å². The first-order valence-electron chi connectivity index (χ1n) is 11.0. The Bertz CT molecular complexity index is 1000. The van der Waals surface area contributed by atoms with Crippen LogP contribution in [-0.2, 0) is 4.74 Å². The molecule has 0 aliphatic carbocycles. The molecule has 0 bridgehead atoms. The van der Waals surface area contributed by atoms with Crippen molar-refractivity contribution in [3.63, 3.8) is 0 Å². The summed E-state index contributed by atoms with van der Waals surface area (Å²) in [5, 5.41) is 14.8. The molecule has 4 rings (SSSR count). The molecule has 1 saturated heterocycles. The number of aryl methyl sites for hydroxylation is 3. The van der Waals surface area contributed by atoms with E-state index in [0.29, 0.717) is 12.7 Å². The summed E-state index contributed by atoms with van der Waals surface area (Å²) in [6, 6.07) is 8.26. The number of hydrogen-bond acceptors (Lipinski definition) is 5. The van der Waals surface area contributed by atoms with E-state index in [1.807, 2.05) is 26.0 Å². The van der Waals surface area contributed by atoms with E-state index in [1.165, 1.54) is 29.6 Å². The average Bonchev–Trinajstić information content (AvgIpc) is 3.03. The molecule has 30 heavy (non-hydrogen) atoms. The number of anilines is 1. The van der Waals surface area contributed by atoms with Crippen molar-refractivity contribution in [1.82, 2.24) is 14.8 Å². The maximum absolute atomic E-state index is 5.86. The van der Waals surface area contributed by atoms with Gasteiger partial charge in [-0.1, -0.05) is 0 Å². The minimum absolute atomic E-state index is 0.358. The largest absolute Gasteiger partial charge is 0.494 e. The van der Waals surface area contributed by atoms with Crippen LogP contribution in [0.15, 0.2) is 24.3 Å². The van der Waals surface area contributed by atoms with Gasteiger partial charge < -0.3 is 19.4 Å². The Kier molecular flexibility index (Phi) is 6.23. The number of hydrogen-bond donors (Lipinski definition) is 1. The van der Waals surface area contributed by atoms with Crippen molar-refractivity contribution in [2.75, 3.05) is 25.1 Å². The Morgan fingerprint density at radius 3 is 2.53 bits per heavy atom. The molecule has 3 heterocycles. The topological polar surface area (TPSA) is 61.2 Å². The van der Waals surface area contributed by atoms with Crippen molar-refractivity contribution in [3.8, 4) is 11.4 Å². The molecule has 0 spiro atoms. The van der Waals surface area contributed by atoms with E-state index in [4.69, 9.17) is 9.47 Å². The van der Waals surface area contributed by atoms with Crippen molar-refractivity contribution >= 4 is 16.6 Å². The van der Waals surface area contributed by atoms with Crippen LogP contribution in [0.1, 0.15) is 49.7 Å². The van der Waals surface area contributed by atoms with Crippen LogP contribution in [0.2, 0.25) is 0 Å². The Hall–Kier alpha value is -2.60. The Labute approximate surface area is 178 Å². The van der Waals surface area contributed by atoms with Crippen LogP contribution in [0.5, 0.6) is 5.75 Å². The molecule has 0 radical (unpaired) electrons. The molecule has 3 aromatic rings. The third-order valence-corrected chi connectivity index (χ3v) is 5.98. The third-order valence-electron chi connectivity index (χ3n) is 5.98. The Morgan fingerprint density at radius 1 is 1.07 bits per heavy atom. The summed E-state index contributed by atoms with van der Waals surface area (Å²) in [6.45, 7) is 10.7. The van der Waals surface area contributed by atoms with Gasteiger partial charge in [0.15, 0.2) is 5.82 Å². The smallest absolute Gasteiger partial charge is 0.158 e. The highest BCUT2D eigenvalue weighted by molar-refractivity contribution is 5.98. The lowest BCUT2D eigenvalue weighted by molar-refractivity contribution is 0.0134. The van der Waals surface area contributed by atoms with E-state index in [0.717, 1.165) is 54.3 Å². The zero-order chi connectivity index (χ0) is 21.1. The second kappa shape index (κ2) is 9.04. The second-order valence-electron chi connectivity index (χ2n) is 8.02. The third kappa shape index (κ3) is 4.01. The number of fused-ring (bicyclic) bond motifs is 1. The quantitative estimate of drug-likeness (QED) is 0.588. The van der Waals surface area contributed by atoms with Gasteiger partial charge in [0.05, 0.1) is 18.4 Å². The lowest BCUT2D eigenvalue weighted by atomic mass is 10.1. The first kappa shape index (κ1) is 20.7. The first-order valence-corrected chi connectivity index (χ1v) is 11.0. The zero-order valence-corrected chi connectivity index (χ0v) is 18.5. The summed E-state index contributed by atoms with van der Waals surface area (Å²) in [7, 11) is 0. The maximum Gasteiger partial charge on any atom is 0.158 e. The minimum Gasteiger partial charge on any atom is -0.494 e. The van der Waals surface area contributed by atoms with E-state index >= 15 is 0 Å². The summed E-state index contributed by atoms with van der Waals surface area (Å²) >= 11 is 0. The van der Waals surface area contributed by atoms with Crippen molar-refractivity contribution in [2.45, 2.75) is 59.5 Å². The number of benzene rings is 1. The van der Waals surface area contributed by atoms with E-state index in [2.05, 4.69) is 46.1 Å². The molecular formula is C24H32N4O2. The first-order chi connectivity index (χ1) is 14.6. The number of nitrogens with one attached hydrogen (secondary N) is 1. The molecule has 2 aromatic heterocycles. The van der Waals surface area contributed by atoms with Crippen LogP contribution in [0.4, 0.5) is 5.82 Å². The normalized spacial score (nSPS) is 16.7. The molecule has 6 heteroatoms. The number of nitrogens with zero attached hydrogens (tertiary/aromatic N) is 3. The van der Waals surface area contributed by atoms with Gasteiger partial charge in [-0.05, 0) is 77.6 Å². The van der Waals surface area contributed by atoms with Crippen LogP contribution in [0.3, 0.4) is 0 Å². The lowest BCUT2D eigenvalue weighted by Crippen LogP contribution is -2.22. The fraction of sp³-hybridized carbons (Fsp3) is 0.500. The number of ether oxygens (including phenoxy) is 2. The number of rotatable bonds is 7. The van der Waals surface area contributed by atoms with Crippen LogP contribution in [-0.4, -0.2) is 40.6 Å². The zero-order valence-electron chi connectivity index (χ0n) is 18.5. The predicted molar refractivity (Wildman–Crippen MR) is 121 cm³/mol. The number of aromatic nitrogens is 3. The second-order valence-corrected chi connectivity index (χ2v) is 8.02. The molecule has 1 atom stereocenters. The average molecular weight is 409 g/mol. The van der Waals surface area contributed by atoms with Crippen LogP contribution < -0.4 is 10.1 Å². The summed E-state index contributed by atoms with van der Waals surface area (Å²) in [5.74, 6) is 1.75. The van der Waals surface area contributed by atoms with E-state index < -0.39 is 0 Å². The summed E-state index contributed by atoms with van der Waals surface area (Å²) in [6.07, 6.45) is 4.96. The molecule has 1 aliphatic heterocycles. The highest BCUT2D eigenvalue weighted by atomic mass is 16.5. The van der Waals surface area contributed by atoms with E-state index in [1.54, 1.807) is 0 Å². The van der Waals surface area contributed by atoms with E-state index in [-0.39, 0.29) is 0 Å². The van der Waals surface area contributed by atoms with Crippen molar-refractivity contribution in [3.05, 3.63) is 41.3 Å². The maximum atomic E-state index is 5.86. The molecule has 1 N–H and O–H groups in total. The van der Waals surface area contributed by atoms with Crippen LogP contribution in [0.25, 0.3) is 16.5 Å². The fourth-order valence-corrected chi connectivity index (χ4v) is 4.55. The van der Waals surface area contributed by atoms with Gasteiger partial charge in [-0.15, -0.1) is 5.10 Å². The molecular weight excluding hydrogens is 376 g/mol. The van der Waals surface area contributed by atoms with Gasteiger partial charge in [0.2, 0.25) is 0 Å². The van der Waals surface area contributed by atoms with Gasteiger partial charge in [0.1, 0.15) is 5.75 Å². The summed E-state index contributed by atoms with van der Waals surface area (Å²) < 4.78 is 13.7. The summed E-state index contributed by atoms with van der Waals surface area (Å²) in [4.78, 5) is 0. The standard InChI is InChI=1S/C24H32N4O2/c1-5-29-21-11-9-19(10-12-21)28-17(3)22-16(2)26-27-24(23(22)18(28)4)25-14-13-20-8-6-7-15-30-20/h9-12,20H,5-8,13-15H2,1-4H3,(H,25,27). The van der Waals surface area contributed by atoms with Crippen molar-refractivity contribution in [2.24, 2.45) is 0 Å². The molecule has 0 saturated carbocycles. The van der Waals surface area contributed by atoms with E-state index in [9.17, 15) is 0 Å². The van der Waals surface area contributed by atoms with Crippen LogP contribution in [0, 0.1) is 20.8 Å². The summed E-state index contributed by atoms with van der Waals surface area (Å²) in [5.41, 5.74) is 4.42. The van der Waals surface area contributed by atoms with Gasteiger partial charge in [0.25, 0.3) is 0 Å². The van der Waals surface area contributed by atoms with Gasteiger partial charge in [-0.3, -0.25) is 0 Å². The van der Waals surface area contributed by atoms with Gasteiger partial charge in [-0.25, -0.2) is 0 Å². The molecule has 6 nitrogen and oxygen atoms in total. The molecule has 1 aromatic carbocycles. The van der Waals surface area contributed by atoms with Gasteiger partial charge in [0, 0.05) is 41.0 Å². The van der Waals surface area contributed by atoms with Gasteiger partial charge >= 0.3 is 0 Å². The van der Waals surface area contributed by atoms with Crippen molar-refractivity contribution in [1.29, 1.82) is 0 Å². The monoisotopic (exact) mass is 408 g/mol. The highest BCUT2D eigenvalue weighted by Crippen LogP contribution is 2.34. The molecule has 1 unspecified atom stereocenters. The minimum atomic E-state index is 0.358. The molecule has 1 aliphatic rings. The molecule has 1 fully saturated rings. The van der Waals surface area contributed by atoms with Crippen molar-refractivity contribution < 1.29 is 9.47 Å². The lowest BCUT2D eigenvalue weighted by Gasteiger charge is -2.22.